The van der Waals surface area contributed by atoms with Gasteiger partial charge in [-0.15, -0.1) is 0 Å². The Morgan fingerprint density at radius 1 is 1.19 bits per heavy atom. The Bertz CT molecular complexity index is 672. The van der Waals surface area contributed by atoms with Crippen LogP contribution in [0.1, 0.15) is 32.1 Å². The van der Waals surface area contributed by atoms with Crippen molar-refractivity contribution in [2.24, 2.45) is 5.41 Å². The van der Waals surface area contributed by atoms with Crippen molar-refractivity contribution in [1.29, 1.82) is 0 Å². The van der Waals surface area contributed by atoms with Crippen LogP contribution < -0.4 is 10.9 Å². The van der Waals surface area contributed by atoms with E-state index in [1.54, 1.807) is 0 Å². The third-order valence-corrected chi connectivity index (χ3v) is 4.66. The molecule has 0 radical (unpaired) electrons. The first kappa shape index (κ1) is 14.1. The van der Waals surface area contributed by atoms with E-state index in [1.807, 2.05) is 30.3 Å². The SMILES string of the molecule is O=c1[nH]c(NCC2(CO)CCCCC2)cc2ccccc12. The number of pyridine rings is 1. The van der Waals surface area contributed by atoms with Crippen LogP contribution in [-0.2, 0) is 0 Å². The fourth-order valence-corrected chi connectivity index (χ4v) is 3.28. The van der Waals surface area contributed by atoms with E-state index in [1.165, 1.54) is 19.3 Å². The number of aromatic nitrogens is 1. The molecule has 0 saturated heterocycles. The molecule has 4 heteroatoms. The summed E-state index contributed by atoms with van der Waals surface area (Å²) in [5.74, 6) is 0.733. The van der Waals surface area contributed by atoms with Crippen LogP contribution in [0.3, 0.4) is 0 Å². The third kappa shape index (κ3) is 2.95. The summed E-state index contributed by atoms with van der Waals surface area (Å²) in [6.45, 7) is 0.912. The molecule has 4 nitrogen and oxygen atoms in total. The largest absolute Gasteiger partial charge is 0.396 e. The summed E-state index contributed by atoms with van der Waals surface area (Å²) < 4.78 is 0. The zero-order valence-corrected chi connectivity index (χ0v) is 12.2. The lowest BCUT2D eigenvalue weighted by atomic mass is 9.74. The first-order chi connectivity index (χ1) is 10.2. The molecule has 1 heterocycles. The van der Waals surface area contributed by atoms with Crippen LogP contribution in [0.25, 0.3) is 10.8 Å². The molecule has 1 fully saturated rings. The number of hydrogen-bond acceptors (Lipinski definition) is 3. The molecule has 3 N–H and O–H groups in total. The summed E-state index contributed by atoms with van der Waals surface area (Å²) in [6.07, 6.45) is 5.71. The average molecular weight is 286 g/mol. The average Bonchev–Trinajstić information content (AvgIpc) is 2.54. The molecule has 1 aliphatic carbocycles. The minimum absolute atomic E-state index is 0.0409. The van der Waals surface area contributed by atoms with Crippen molar-refractivity contribution < 1.29 is 5.11 Å². The molecule has 1 aliphatic rings. The fourth-order valence-electron chi connectivity index (χ4n) is 3.28. The summed E-state index contributed by atoms with van der Waals surface area (Å²) in [6, 6.07) is 9.53. The molecule has 0 atom stereocenters. The lowest BCUT2D eigenvalue weighted by Crippen LogP contribution is -2.36. The molecular weight excluding hydrogens is 264 g/mol. The number of anilines is 1. The fraction of sp³-hybridized carbons (Fsp3) is 0.471. The topological polar surface area (TPSA) is 65.1 Å². The van der Waals surface area contributed by atoms with E-state index in [0.29, 0.717) is 11.9 Å². The number of fused-ring (bicyclic) bond motifs is 1. The van der Waals surface area contributed by atoms with E-state index in [0.717, 1.165) is 24.0 Å². The first-order valence-electron chi connectivity index (χ1n) is 7.69. The van der Waals surface area contributed by atoms with Gasteiger partial charge < -0.3 is 15.4 Å². The number of hydrogen-bond donors (Lipinski definition) is 3. The van der Waals surface area contributed by atoms with Crippen molar-refractivity contribution in [3.05, 3.63) is 40.7 Å². The van der Waals surface area contributed by atoms with Crippen LogP contribution in [-0.4, -0.2) is 23.2 Å². The minimum Gasteiger partial charge on any atom is -0.396 e. The Kier molecular flexibility index (Phi) is 3.97. The van der Waals surface area contributed by atoms with Gasteiger partial charge in [-0.1, -0.05) is 37.5 Å². The maximum absolute atomic E-state index is 12.1. The molecule has 1 aromatic carbocycles. The highest BCUT2D eigenvalue weighted by atomic mass is 16.3. The molecule has 3 rings (SSSR count). The highest BCUT2D eigenvalue weighted by Gasteiger charge is 2.31. The Balaban J connectivity index is 1.80. The summed E-state index contributed by atoms with van der Waals surface area (Å²) >= 11 is 0. The van der Waals surface area contributed by atoms with Crippen molar-refractivity contribution in [3.63, 3.8) is 0 Å². The van der Waals surface area contributed by atoms with Gasteiger partial charge in [-0.3, -0.25) is 4.79 Å². The molecule has 1 aromatic heterocycles. The standard InChI is InChI=1S/C17H22N2O2/c20-12-17(8-4-1-5-9-17)11-18-15-10-13-6-2-3-7-14(13)16(21)19-15/h2-3,6-7,10,20H,1,4-5,8-9,11-12H2,(H2,18,19,21). The van der Waals surface area contributed by atoms with Gasteiger partial charge in [0.2, 0.25) is 0 Å². The van der Waals surface area contributed by atoms with Crippen LogP contribution in [0.2, 0.25) is 0 Å². The lowest BCUT2D eigenvalue weighted by molar-refractivity contribution is 0.0943. The smallest absolute Gasteiger partial charge is 0.257 e. The van der Waals surface area contributed by atoms with Crippen molar-refractivity contribution in [2.45, 2.75) is 32.1 Å². The van der Waals surface area contributed by atoms with Crippen molar-refractivity contribution in [1.82, 2.24) is 4.98 Å². The molecule has 112 valence electrons. The van der Waals surface area contributed by atoms with Gasteiger partial charge in [-0.2, -0.15) is 0 Å². The van der Waals surface area contributed by atoms with Gasteiger partial charge in [-0.25, -0.2) is 0 Å². The van der Waals surface area contributed by atoms with E-state index in [-0.39, 0.29) is 17.6 Å². The van der Waals surface area contributed by atoms with Crippen LogP contribution in [0.15, 0.2) is 35.1 Å². The molecular formula is C17H22N2O2. The van der Waals surface area contributed by atoms with Gasteiger partial charge >= 0.3 is 0 Å². The number of benzene rings is 1. The van der Waals surface area contributed by atoms with Gasteiger partial charge in [0.15, 0.2) is 0 Å². The van der Waals surface area contributed by atoms with E-state index in [2.05, 4.69) is 10.3 Å². The van der Waals surface area contributed by atoms with Gasteiger partial charge in [-0.05, 0) is 30.4 Å². The maximum atomic E-state index is 12.1. The third-order valence-electron chi connectivity index (χ3n) is 4.66. The van der Waals surface area contributed by atoms with E-state index in [4.69, 9.17) is 0 Å². The van der Waals surface area contributed by atoms with Crippen molar-refractivity contribution in [2.75, 3.05) is 18.5 Å². The van der Waals surface area contributed by atoms with Crippen LogP contribution in [0.5, 0.6) is 0 Å². The monoisotopic (exact) mass is 286 g/mol. The maximum Gasteiger partial charge on any atom is 0.257 e. The Labute approximate surface area is 124 Å². The summed E-state index contributed by atoms with van der Waals surface area (Å²) in [5.41, 5.74) is -0.113. The van der Waals surface area contributed by atoms with Crippen LogP contribution >= 0.6 is 0 Å². The number of aromatic amines is 1. The summed E-state index contributed by atoms with van der Waals surface area (Å²) in [7, 11) is 0. The van der Waals surface area contributed by atoms with Gasteiger partial charge in [0.05, 0.1) is 6.61 Å². The molecule has 0 bridgehead atoms. The molecule has 0 spiro atoms. The zero-order valence-electron chi connectivity index (χ0n) is 12.2. The number of aliphatic hydroxyl groups excluding tert-OH is 1. The van der Waals surface area contributed by atoms with Gasteiger partial charge in [0.25, 0.3) is 5.56 Å². The first-order valence-corrected chi connectivity index (χ1v) is 7.69. The highest BCUT2D eigenvalue weighted by molar-refractivity contribution is 5.83. The Morgan fingerprint density at radius 2 is 1.95 bits per heavy atom. The van der Waals surface area contributed by atoms with Gasteiger partial charge in [0.1, 0.15) is 5.82 Å². The van der Waals surface area contributed by atoms with E-state index >= 15 is 0 Å². The second-order valence-electron chi connectivity index (χ2n) is 6.17. The molecule has 1 saturated carbocycles. The normalized spacial score (nSPS) is 17.8. The highest BCUT2D eigenvalue weighted by Crippen LogP contribution is 2.35. The predicted molar refractivity (Wildman–Crippen MR) is 85.7 cm³/mol. The molecule has 2 aromatic rings. The zero-order chi connectivity index (χ0) is 14.7. The van der Waals surface area contributed by atoms with Crippen LogP contribution in [0, 0.1) is 5.41 Å². The quantitative estimate of drug-likeness (QED) is 0.809. The number of H-pyrrole nitrogens is 1. The van der Waals surface area contributed by atoms with E-state index < -0.39 is 0 Å². The number of rotatable bonds is 4. The van der Waals surface area contributed by atoms with Gasteiger partial charge in [0, 0.05) is 17.3 Å². The predicted octanol–water partition coefficient (Wildman–Crippen LogP) is 2.88. The molecule has 0 aliphatic heterocycles. The second kappa shape index (κ2) is 5.90. The molecule has 0 amide bonds. The minimum atomic E-state index is -0.0720. The van der Waals surface area contributed by atoms with Crippen molar-refractivity contribution in [3.8, 4) is 0 Å². The number of aliphatic hydroxyl groups is 1. The second-order valence-corrected chi connectivity index (χ2v) is 6.17. The summed E-state index contributed by atoms with van der Waals surface area (Å²) in [4.78, 5) is 14.9. The van der Waals surface area contributed by atoms with Crippen LogP contribution in [0.4, 0.5) is 5.82 Å². The molecule has 0 unspecified atom stereocenters. The number of nitrogens with one attached hydrogen (secondary N) is 2. The molecule has 21 heavy (non-hydrogen) atoms. The Morgan fingerprint density at radius 3 is 2.71 bits per heavy atom. The van der Waals surface area contributed by atoms with E-state index in [9.17, 15) is 9.90 Å². The lowest BCUT2D eigenvalue weighted by Gasteiger charge is -2.35. The summed E-state index contributed by atoms with van der Waals surface area (Å²) in [5, 5.41) is 14.7. The Hall–Kier alpha value is -1.81. The van der Waals surface area contributed by atoms with Crippen molar-refractivity contribution >= 4 is 16.6 Å².